The molecule has 1 fully saturated rings. The van der Waals surface area contributed by atoms with Crippen LogP contribution < -0.4 is 0 Å². The zero-order chi connectivity index (χ0) is 20.9. The van der Waals surface area contributed by atoms with Gasteiger partial charge in [0.1, 0.15) is 0 Å². The smallest absolute Gasteiger partial charge is 0.0851 e. The van der Waals surface area contributed by atoms with E-state index in [-0.39, 0.29) is 0 Å². The number of nitrogens with zero attached hydrogens (tertiary/aromatic N) is 2. The average molecular weight is 429 g/mol. The first-order chi connectivity index (χ1) is 14.0. The molecule has 29 heavy (non-hydrogen) atoms. The number of benzene rings is 2. The van der Waals surface area contributed by atoms with Crippen molar-refractivity contribution in [3.05, 3.63) is 69.7 Å². The zero-order valence-electron chi connectivity index (χ0n) is 17.4. The fraction of sp³-hybridized carbons (Fsp3) is 0.480. The molecule has 154 valence electrons. The molecule has 0 radical (unpaired) electrons. The molecule has 0 amide bonds. The first kappa shape index (κ1) is 22.2. The van der Waals surface area contributed by atoms with Gasteiger partial charge < -0.3 is 4.90 Å². The van der Waals surface area contributed by atoms with E-state index in [0.717, 1.165) is 50.8 Å². The molecule has 0 aromatic heterocycles. The van der Waals surface area contributed by atoms with Crippen LogP contribution in [0.4, 0.5) is 0 Å². The predicted molar refractivity (Wildman–Crippen MR) is 123 cm³/mol. The summed E-state index contributed by atoms with van der Waals surface area (Å²) in [7, 11) is 0. The van der Waals surface area contributed by atoms with Gasteiger partial charge >= 0.3 is 0 Å². The van der Waals surface area contributed by atoms with E-state index < -0.39 is 5.41 Å². The molecule has 4 heteroatoms. The summed E-state index contributed by atoms with van der Waals surface area (Å²) in [6, 6.07) is 19.5. The molecule has 3 rings (SSSR count). The minimum atomic E-state index is -0.448. The molecule has 0 N–H and O–H groups in total. The van der Waals surface area contributed by atoms with Gasteiger partial charge in [-0.05, 0) is 81.7 Å². The van der Waals surface area contributed by atoms with Gasteiger partial charge in [-0.15, -0.1) is 0 Å². The Bertz CT molecular complexity index is 840. The molecule has 0 bridgehead atoms. The van der Waals surface area contributed by atoms with E-state index in [9.17, 15) is 5.26 Å². The molecule has 1 saturated carbocycles. The highest BCUT2D eigenvalue weighted by Gasteiger charge is 2.46. The molecule has 0 aliphatic heterocycles. The van der Waals surface area contributed by atoms with E-state index in [1.807, 2.05) is 18.2 Å². The summed E-state index contributed by atoms with van der Waals surface area (Å²) in [6.07, 6.45) is 5.15. The molecular formula is C25H30Cl2N2. The van der Waals surface area contributed by atoms with Crippen molar-refractivity contribution < 1.29 is 0 Å². The van der Waals surface area contributed by atoms with Crippen LogP contribution in [-0.2, 0) is 11.8 Å². The van der Waals surface area contributed by atoms with Crippen molar-refractivity contribution in [2.24, 2.45) is 5.92 Å². The van der Waals surface area contributed by atoms with Crippen LogP contribution in [0.1, 0.15) is 50.7 Å². The zero-order valence-corrected chi connectivity index (χ0v) is 18.9. The molecular weight excluding hydrogens is 399 g/mol. The average Bonchev–Trinajstić information content (AvgIpc) is 3.56. The van der Waals surface area contributed by atoms with E-state index in [1.165, 1.54) is 5.56 Å². The molecule has 2 aromatic rings. The van der Waals surface area contributed by atoms with Gasteiger partial charge in [0.15, 0.2) is 0 Å². The van der Waals surface area contributed by atoms with Crippen molar-refractivity contribution in [3.8, 4) is 6.07 Å². The second-order valence-electron chi connectivity index (χ2n) is 8.46. The van der Waals surface area contributed by atoms with Crippen LogP contribution in [0.25, 0.3) is 0 Å². The van der Waals surface area contributed by atoms with E-state index in [0.29, 0.717) is 22.0 Å². The SMILES string of the molecule is CC(C)N(CCCC(C#N)(c1ccc(Cl)c(Cl)c1)C1CC1)CCc1ccccc1. The van der Waals surface area contributed by atoms with E-state index in [1.54, 1.807) is 0 Å². The molecule has 2 aromatic carbocycles. The fourth-order valence-corrected chi connectivity index (χ4v) is 4.55. The summed E-state index contributed by atoms with van der Waals surface area (Å²) in [5.74, 6) is 0.432. The van der Waals surface area contributed by atoms with E-state index >= 15 is 0 Å². The molecule has 2 nitrogen and oxygen atoms in total. The Morgan fingerprint density at radius 1 is 1.07 bits per heavy atom. The Morgan fingerprint density at radius 2 is 1.79 bits per heavy atom. The molecule has 0 spiro atoms. The summed E-state index contributed by atoms with van der Waals surface area (Å²) in [5, 5.41) is 11.3. The Kier molecular flexibility index (Phi) is 7.63. The summed E-state index contributed by atoms with van der Waals surface area (Å²) < 4.78 is 0. The van der Waals surface area contributed by atoms with Gasteiger partial charge in [0.05, 0.1) is 21.5 Å². The van der Waals surface area contributed by atoms with Gasteiger partial charge in [-0.25, -0.2) is 0 Å². The van der Waals surface area contributed by atoms with Gasteiger partial charge in [0.25, 0.3) is 0 Å². The number of rotatable bonds is 10. The quantitative estimate of drug-likeness (QED) is 0.411. The molecule has 1 aliphatic rings. The monoisotopic (exact) mass is 428 g/mol. The lowest BCUT2D eigenvalue weighted by Crippen LogP contribution is -2.35. The number of halogens is 2. The lowest BCUT2D eigenvalue weighted by Gasteiger charge is -2.31. The van der Waals surface area contributed by atoms with Gasteiger partial charge in [-0.2, -0.15) is 5.26 Å². The second-order valence-corrected chi connectivity index (χ2v) is 9.27. The number of hydrogen-bond donors (Lipinski definition) is 0. The fourth-order valence-electron chi connectivity index (χ4n) is 4.25. The van der Waals surface area contributed by atoms with Crippen LogP contribution in [0, 0.1) is 17.2 Å². The van der Waals surface area contributed by atoms with Crippen molar-refractivity contribution in [3.63, 3.8) is 0 Å². The highest BCUT2D eigenvalue weighted by Crippen LogP contribution is 2.50. The molecule has 1 unspecified atom stereocenters. The maximum atomic E-state index is 10.2. The van der Waals surface area contributed by atoms with Crippen molar-refractivity contribution in [2.45, 2.75) is 57.4 Å². The van der Waals surface area contributed by atoms with Gasteiger partial charge in [0.2, 0.25) is 0 Å². The first-order valence-electron chi connectivity index (χ1n) is 10.6. The number of hydrogen-bond acceptors (Lipinski definition) is 2. The van der Waals surface area contributed by atoms with Crippen molar-refractivity contribution in [1.29, 1.82) is 5.26 Å². The topological polar surface area (TPSA) is 27.0 Å². The Morgan fingerprint density at radius 3 is 2.38 bits per heavy atom. The van der Waals surface area contributed by atoms with Gasteiger partial charge in [-0.3, -0.25) is 0 Å². The summed E-state index contributed by atoms with van der Waals surface area (Å²) in [5.41, 5.74) is 1.95. The third-order valence-electron chi connectivity index (χ3n) is 6.19. The highest BCUT2D eigenvalue weighted by atomic mass is 35.5. The maximum Gasteiger partial charge on any atom is 0.0851 e. The Labute approximate surface area is 185 Å². The molecule has 1 atom stereocenters. The van der Waals surface area contributed by atoms with Crippen LogP contribution in [0.2, 0.25) is 10.0 Å². The summed E-state index contributed by atoms with van der Waals surface area (Å²) in [6.45, 7) is 6.55. The minimum absolute atomic E-state index is 0.432. The lowest BCUT2D eigenvalue weighted by molar-refractivity contribution is 0.213. The van der Waals surface area contributed by atoms with Crippen molar-refractivity contribution >= 4 is 23.2 Å². The van der Waals surface area contributed by atoms with Gasteiger partial charge in [0, 0.05) is 12.6 Å². The molecule has 1 aliphatic carbocycles. The van der Waals surface area contributed by atoms with E-state index in [4.69, 9.17) is 23.2 Å². The second kappa shape index (κ2) is 9.98. The van der Waals surface area contributed by atoms with Crippen LogP contribution >= 0.6 is 23.2 Å². The summed E-state index contributed by atoms with van der Waals surface area (Å²) in [4.78, 5) is 2.52. The minimum Gasteiger partial charge on any atom is -0.301 e. The standard InChI is InChI=1S/C25H30Cl2N2/c1-19(2)29(16-13-20-7-4-3-5-8-20)15-6-14-25(18-28,21-9-10-21)22-11-12-23(26)24(27)17-22/h3-5,7-8,11-12,17,19,21H,6,9-10,13-16H2,1-2H3. The van der Waals surface area contributed by atoms with Crippen LogP contribution in [0.15, 0.2) is 48.5 Å². The van der Waals surface area contributed by atoms with E-state index in [2.05, 4.69) is 55.1 Å². The molecule has 0 heterocycles. The predicted octanol–water partition coefficient (Wildman–Crippen LogP) is 6.90. The maximum absolute atomic E-state index is 10.2. The Hall–Kier alpha value is -1.53. The normalized spacial score (nSPS) is 16.0. The van der Waals surface area contributed by atoms with Gasteiger partial charge in [-0.1, -0.05) is 59.6 Å². The van der Waals surface area contributed by atoms with Crippen LogP contribution in [0.5, 0.6) is 0 Å². The van der Waals surface area contributed by atoms with Crippen LogP contribution in [-0.4, -0.2) is 24.0 Å². The van der Waals surface area contributed by atoms with Crippen LogP contribution in [0.3, 0.4) is 0 Å². The van der Waals surface area contributed by atoms with Crippen molar-refractivity contribution in [2.75, 3.05) is 13.1 Å². The highest BCUT2D eigenvalue weighted by molar-refractivity contribution is 6.42. The first-order valence-corrected chi connectivity index (χ1v) is 11.4. The largest absolute Gasteiger partial charge is 0.301 e. The van der Waals surface area contributed by atoms with Crippen molar-refractivity contribution in [1.82, 2.24) is 4.90 Å². The Balaban J connectivity index is 1.65. The summed E-state index contributed by atoms with van der Waals surface area (Å²) >= 11 is 12.4. The molecule has 0 saturated heterocycles. The lowest BCUT2D eigenvalue weighted by atomic mass is 9.73. The number of nitriles is 1. The third-order valence-corrected chi connectivity index (χ3v) is 6.92. The third kappa shape index (κ3) is 5.54.